The van der Waals surface area contributed by atoms with E-state index >= 15 is 0 Å². The van der Waals surface area contributed by atoms with E-state index in [9.17, 15) is 4.39 Å². The fraction of sp³-hybridized carbons (Fsp3) is 0. The number of benzene rings is 1. The molecule has 0 atom stereocenters. The zero-order valence-corrected chi connectivity index (χ0v) is 13.0. The molecule has 0 N–H and O–H groups in total. The number of rotatable bonds is 1. The number of hydrogen-bond acceptors (Lipinski definition) is 3. The molecule has 0 amide bonds. The number of halogens is 4. The maximum absolute atomic E-state index is 14.0. The third-order valence-electron chi connectivity index (χ3n) is 2.54. The molecule has 0 aliphatic rings. The normalized spacial score (nSPS) is 11.2. The summed E-state index contributed by atoms with van der Waals surface area (Å²) in [4.78, 5) is 8.18. The highest BCUT2D eigenvalue weighted by Gasteiger charge is 2.20. The van der Waals surface area contributed by atoms with Crippen LogP contribution in [0.2, 0.25) is 5.02 Å². The smallest absolute Gasteiger partial charge is 0.206 e. The van der Waals surface area contributed by atoms with E-state index in [0.29, 0.717) is 25.6 Å². The van der Waals surface area contributed by atoms with E-state index in [4.69, 9.17) is 11.6 Å². The van der Waals surface area contributed by atoms with E-state index in [1.165, 1.54) is 16.9 Å². The molecule has 0 spiro atoms. The maximum atomic E-state index is 14.0. The number of nitrogens with zero attached hydrogens (tertiary/aromatic N) is 4. The summed E-state index contributed by atoms with van der Waals surface area (Å²) in [5, 5.41) is 4.31. The van der Waals surface area contributed by atoms with Crippen molar-refractivity contribution in [2.75, 3.05) is 0 Å². The fourth-order valence-corrected chi connectivity index (χ4v) is 3.43. The highest BCUT2D eigenvalue weighted by molar-refractivity contribution is 9.11. The second kappa shape index (κ2) is 4.81. The van der Waals surface area contributed by atoms with Gasteiger partial charge in [-0.1, -0.05) is 17.7 Å². The second-order valence-electron chi connectivity index (χ2n) is 3.64. The number of fused-ring (bicyclic) bond motifs is 1. The van der Waals surface area contributed by atoms with Crippen LogP contribution in [0.3, 0.4) is 0 Å². The Labute approximate surface area is 128 Å². The lowest BCUT2D eigenvalue weighted by Gasteiger charge is -2.10. The van der Waals surface area contributed by atoms with Crippen LogP contribution in [-0.2, 0) is 0 Å². The molecule has 96 valence electrons. The van der Waals surface area contributed by atoms with Crippen molar-refractivity contribution in [3.63, 3.8) is 0 Å². The van der Waals surface area contributed by atoms with Crippen molar-refractivity contribution < 1.29 is 4.39 Å². The van der Waals surface area contributed by atoms with Crippen LogP contribution in [-0.4, -0.2) is 19.6 Å². The third kappa shape index (κ3) is 2.05. The van der Waals surface area contributed by atoms with Crippen LogP contribution >= 0.6 is 43.5 Å². The number of aromatic nitrogens is 4. The van der Waals surface area contributed by atoms with Gasteiger partial charge < -0.3 is 0 Å². The van der Waals surface area contributed by atoms with Crippen molar-refractivity contribution in [2.24, 2.45) is 0 Å². The Kier molecular flexibility index (Phi) is 3.28. The lowest BCUT2D eigenvalue weighted by atomic mass is 10.1. The van der Waals surface area contributed by atoms with Gasteiger partial charge >= 0.3 is 0 Å². The molecule has 3 aromatic rings. The van der Waals surface area contributed by atoms with Gasteiger partial charge in [-0.3, -0.25) is 0 Å². The summed E-state index contributed by atoms with van der Waals surface area (Å²) in [6, 6.07) is 4.50. The minimum Gasteiger partial charge on any atom is -0.206 e. The van der Waals surface area contributed by atoms with Crippen LogP contribution in [0.5, 0.6) is 0 Å². The average Bonchev–Trinajstić information content (AvgIpc) is 2.81. The minimum atomic E-state index is -0.435. The van der Waals surface area contributed by atoms with Gasteiger partial charge in [0.2, 0.25) is 0 Å². The lowest BCUT2D eigenvalue weighted by Crippen LogP contribution is -1.99. The van der Waals surface area contributed by atoms with Gasteiger partial charge in [0.25, 0.3) is 5.78 Å². The van der Waals surface area contributed by atoms with E-state index in [-0.39, 0.29) is 5.56 Å². The van der Waals surface area contributed by atoms with Crippen molar-refractivity contribution in [3.05, 3.63) is 44.6 Å². The molecule has 2 heterocycles. The molecule has 0 bridgehead atoms. The Hall–Kier alpha value is -1.05. The molecule has 1 aromatic carbocycles. The summed E-state index contributed by atoms with van der Waals surface area (Å²) < 4.78 is 16.4. The van der Waals surface area contributed by atoms with E-state index in [0.717, 1.165) is 0 Å². The maximum Gasteiger partial charge on any atom is 0.254 e. The summed E-state index contributed by atoms with van der Waals surface area (Å²) in [6.45, 7) is 0. The van der Waals surface area contributed by atoms with Crippen LogP contribution in [0.25, 0.3) is 16.9 Å². The molecule has 0 fully saturated rings. The van der Waals surface area contributed by atoms with Crippen molar-refractivity contribution in [1.82, 2.24) is 19.6 Å². The van der Waals surface area contributed by atoms with Gasteiger partial charge in [0.05, 0.1) is 10.6 Å². The molecule has 0 aliphatic heterocycles. The molecule has 3 rings (SSSR count). The summed E-state index contributed by atoms with van der Waals surface area (Å²) in [7, 11) is 0. The van der Waals surface area contributed by atoms with Crippen LogP contribution in [0.4, 0.5) is 4.39 Å². The van der Waals surface area contributed by atoms with Crippen LogP contribution in [0.15, 0.2) is 33.7 Å². The van der Waals surface area contributed by atoms with E-state index in [1.54, 1.807) is 12.1 Å². The zero-order valence-electron chi connectivity index (χ0n) is 9.11. The predicted octanol–water partition coefficient (Wildman–Crippen LogP) is 4.11. The van der Waals surface area contributed by atoms with Crippen LogP contribution in [0.1, 0.15) is 0 Å². The summed E-state index contributed by atoms with van der Waals surface area (Å²) in [5.74, 6) is -0.0369. The molecule has 0 aliphatic carbocycles. The van der Waals surface area contributed by atoms with E-state index in [1.807, 2.05) is 0 Å². The van der Waals surface area contributed by atoms with Crippen molar-refractivity contribution >= 4 is 49.2 Å². The Morgan fingerprint density at radius 3 is 2.74 bits per heavy atom. The van der Waals surface area contributed by atoms with E-state index in [2.05, 4.69) is 46.9 Å². The van der Waals surface area contributed by atoms with Crippen molar-refractivity contribution in [3.8, 4) is 11.1 Å². The van der Waals surface area contributed by atoms with Crippen molar-refractivity contribution in [1.29, 1.82) is 0 Å². The largest absolute Gasteiger partial charge is 0.254 e. The van der Waals surface area contributed by atoms with Gasteiger partial charge in [-0.2, -0.15) is 14.6 Å². The average molecular weight is 406 g/mol. The molecule has 8 heteroatoms. The lowest BCUT2D eigenvalue weighted by molar-refractivity contribution is 0.631. The SMILES string of the molecule is Fc1cccc(Cl)c1-c1c(Br)nc2ncnn2c1Br. The molecule has 0 radical (unpaired) electrons. The Bertz CT molecular complexity index is 769. The highest BCUT2D eigenvalue weighted by Crippen LogP contribution is 2.39. The van der Waals surface area contributed by atoms with Gasteiger partial charge in [0.1, 0.15) is 21.4 Å². The second-order valence-corrected chi connectivity index (χ2v) is 5.55. The first-order valence-corrected chi connectivity index (χ1v) is 7.05. The quantitative estimate of drug-likeness (QED) is 0.572. The molecule has 19 heavy (non-hydrogen) atoms. The predicted molar refractivity (Wildman–Crippen MR) is 76.6 cm³/mol. The van der Waals surface area contributed by atoms with Crippen LogP contribution in [0, 0.1) is 5.82 Å². The first kappa shape index (κ1) is 13.0. The Balaban J connectivity index is 2.42. The summed E-state index contributed by atoms with van der Waals surface area (Å²) in [5.41, 5.74) is 0.744. The van der Waals surface area contributed by atoms with E-state index < -0.39 is 5.82 Å². The van der Waals surface area contributed by atoms with Gasteiger partial charge in [-0.15, -0.1) is 0 Å². The molecular weight excluding hydrogens is 402 g/mol. The standard InChI is InChI=1S/C11H4Br2ClFN4/c12-9-8(7-5(14)2-1-3-6(7)15)10(13)19-11(18-9)16-4-17-19/h1-4H. The van der Waals surface area contributed by atoms with Gasteiger partial charge in [0, 0.05) is 5.56 Å². The zero-order chi connectivity index (χ0) is 13.6. The molecule has 0 saturated heterocycles. The van der Waals surface area contributed by atoms with Gasteiger partial charge in [0.15, 0.2) is 0 Å². The molecule has 0 unspecified atom stereocenters. The number of hydrogen-bond donors (Lipinski definition) is 0. The van der Waals surface area contributed by atoms with Crippen molar-refractivity contribution in [2.45, 2.75) is 0 Å². The summed E-state index contributed by atoms with van der Waals surface area (Å²) in [6.07, 6.45) is 1.37. The molecule has 2 aromatic heterocycles. The van der Waals surface area contributed by atoms with Gasteiger partial charge in [-0.05, 0) is 44.0 Å². The van der Waals surface area contributed by atoms with Crippen LogP contribution < -0.4 is 0 Å². The first-order valence-electron chi connectivity index (χ1n) is 5.08. The molecule has 4 nitrogen and oxygen atoms in total. The Morgan fingerprint density at radius 1 is 1.21 bits per heavy atom. The van der Waals surface area contributed by atoms with Gasteiger partial charge in [-0.25, -0.2) is 9.37 Å². The summed E-state index contributed by atoms with van der Waals surface area (Å²) >= 11 is 12.8. The third-order valence-corrected chi connectivity index (χ3v) is 4.16. The molecule has 0 saturated carbocycles. The minimum absolute atomic E-state index is 0.257. The topological polar surface area (TPSA) is 43.1 Å². The monoisotopic (exact) mass is 404 g/mol. The first-order chi connectivity index (χ1) is 9.09. The molecular formula is C11H4Br2ClFN4. The fourth-order valence-electron chi connectivity index (χ4n) is 1.73. The highest BCUT2D eigenvalue weighted by atomic mass is 79.9. The Morgan fingerprint density at radius 2 is 2.00 bits per heavy atom.